The molecule has 0 radical (unpaired) electrons. The van der Waals surface area contributed by atoms with Crippen LogP contribution in [0, 0.1) is 17.0 Å². The molecule has 0 aliphatic carbocycles. The first-order valence-electron chi connectivity index (χ1n) is 8.43. The number of halogens is 1. The highest BCUT2D eigenvalue weighted by atomic mass is 35.5. The molecular weight excluding hydrogens is 396 g/mol. The fraction of sp³-hybridized carbons (Fsp3) is 0.0500. The number of carbonyl (C=O) groups is 2. The summed E-state index contributed by atoms with van der Waals surface area (Å²) in [6.07, 6.45) is 1.40. The van der Waals surface area contributed by atoms with E-state index in [9.17, 15) is 19.7 Å². The van der Waals surface area contributed by atoms with Crippen LogP contribution in [-0.4, -0.2) is 21.7 Å². The van der Waals surface area contributed by atoms with E-state index >= 15 is 0 Å². The van der Waals surface area contributed by atoms with Crippen molar-refractivity contribution in [3.63, 3.8) is 0 Å². The van der Waals surface area contributed by atoms with Gasteiger partial charge in [0.1, 0.15) is 5.82 Å². The van der Waals surface area contributed by atoms with E-state index in [0.29, 0.717) is 22.1 Å². The standard InChI is InChI=1S/C20H15ClN4O4/c1-12-10-13(6-8-17(12)25(28)29)19(26)23-16-5-3-2-4-15(16)20(27)24-18-9-7-14(21)11-22-18/h2-11H,1H3,(H,23,26)(H,22,24,27). The molecule has 29 heavy (non-hydrogen) atoms. The van der Waals surface area contributed by atoms with Gasteiger partial charge in [0.05, 0.1) is 21.2 Å². The molecule has 1 heterocycles. The van der Waals surface area contributed by atoms with E-state index in [1.807, 2.05) is 0 Å². The zero-order chi connectivity index (χ0) is 21.0. The Bertz CT molecular complexity index is 1100. The van der Waals surface area contributed by atoms with Crippen LogP contribution >= 0.6 is 11.6 Å². The number of amides is 2. The molecule has 8 nitrogen and oxygen atoms in total. The molecule has 3 rings (SSSR count). The van der Waals surface area contributed by atoms with E-state index in [-0.39, 0.29) is 16.8 Å². The fourth-order valence-corrected chi connectivity index (χ4v) is 2.73. The lowest BCUT2D eigenvalue weighted by Gasteiger charge is -2.11. The van der Waals surface area contributed by atoms with Crippen LogP contribution in [0.5, 0.6) is 0 Å². The van der Waals surface area contributed by atoms with Crippen LogP contribution in [0.1, 0.15) is 26.3 Å². The van der Waals surface area contributed by atoms with Crippen LogP contribution in [0.3, 0.4) is 0 Å². The number of aromatic nitrogens is 1. The lowest BCUT2D eigenvalue weighted by Crippen LogP contribution is -2.18. The molecule has 2 aromatic carbocycles. The second-order valence-electron chi connectivity index (χ2n) is 6.07. The van der Waals surface area contributed by atoms with Gasteiger partial charge in [-0.25, -0.2) is 4.98 Å². The average Bonchev–Trinajstić information content (AvgIpc) is 2.69. The number of hydrogen-bond donors (Lipinski definition) is 2. The maximum atomic E-state index is 12.6. The Morgan fingerprint density at radius 1 is 1.03 bits per heavy atom. The number of rotatable bonds is 5. The minimum Gasteiger partial charge on any atom is -0.321 e. The van der Waals surface area contributed by atoms with Crippen LogP contribution in [0.15, 0.2) is 60.8 Å². The summed E-state index contributed by atoms with van der Waals surface area (Å²) >= 11 is 5.78. The Balaban J connectivity index is 1.80. The first kappa shape index (κ1) is 20.0. The molecule has 0 aliphatic heterocycles. The summed E-state index contributed by atoms with van der Waals surface area (Å²) in [5.74, 6) is -0.644. The zero-order valence-corrected chi connectivity index (χ0v) is 15.9. The van der Waals surface area contributed by atoms with Crippen molar-refractivity contribution >= 4 is 40.6 Å². The molecular formula is C20H15ClN4O4. The summed E-state index contributed by atoms with van der Waals surface area (Å²) < 4.78 is 0. The van der Waals surface area contributed by atoms with Crippen molar-refractivity contribution in [1.82, 2.24) is 4.98 Å². The van der Waals surface area contributed by atoms with Gasteiger partial charge in [-0.1, -0.05) is 23.7 Å². The van der Waals surface area contributed by atoms with Crippen LogP contribution in [0.25, 0.3) is 0 Å². The van der Waals surface area contributed by atoms with Gasteiger partial charge < -0.3 is 10.6 Å². The van der Waals surface area contributed by atoms with Gasteiger partial charge in [0.25, 0.3) is 17.5 Å². The second-order valence-corrected chi connectivity index (χ2v) is 6.51. The van der Waals surface area contributed by atoms with E-state index in [2.05, 4.69) is 15.6 Å². The Morgan fingerprint density at radius 2 is 1.79 bits per heavy atom. The zero-order valence-electron chi connectivity index (χ0n) is 15.2. The molecule has 0 saturated carbocycles. The summed E-state index contributed by atoms with van der Waals surface area (Å²) in [5.41, 5.74) is 1.05. The predicted octanol–water partition coefficient (Wildman–Crippen LogP) is 4.46. The first-order valence-corrected chi connectivity index (χ1v) is 8.81. The normalized spacial score (nSPS) is 10.3. The molecule has 0 aliphatic rings. The third-order valence-electron chi connectivity index (χ3n) is 4.04. The third-order valence-corrected chi connectivity index (χ3v) is 4.27. The number of carbonyl (C=O) groups excluding carboxylic acids is 2. The number of nitrogens with zero attached hydrogens (tertiary/aromatic N) is 2. The molecule has 2 amide bonds. The summed E-state index contributed by atoms with van der Waals surface area (Å²) in [5, 5.41) is 16.7. The van der Waals surface area contributed by atoms with Crippen molar-refractivity contribution in [2.24, 2.45) is 0 Å². The first-order chi connectivity index (χ1) is 13.8. The number of anilines is 2. The molecule has 9 heteroatoms. The Morgan fingerprint density at radius 3 is 2.45 bits per heavy atom. The largest absolute Gasteiger partial charge is 0.321 e. The maximum absolute atomic E-state index is 12.6. The number of nitrogens with one attached hydrogen (secondary N) is 2. The topological polar surface area (TPSA) is 114 Å². The third kappa shape index (κ3) is 4.74. The molecule has 0 bridgehead atoms. The Kier molecular flexibility index (Phi) is 5.85. The van der Waals surface area contributed by atoms with E-state index in [1.54, 1.807) is 43.3 Å². The predicted molar refractivity (Wildman–Crippen MR) is 109 cm³/mol. The molecule has 2 N–H and O–H groups in total. The van der Waals surface area contributed by atoms with Gasteiger partial charge in [-0.3, -0.25) is 19.7 Å². The van der Waals surface area contributed by atoms with Crippen LogP contribution in [-0.2, 0) is 0 Å². The Labute approximate surface area is 170 Å². The van der Waals surface area contributed by atoms with Crippen molar-refractivity contribution in [1.29, 1.82) is 0 Å². The van der Waals surface area contributed by atoms with Gasteiger partial charge in [0.2, 0.25) is 0 Å². The highest BCUT2D eigenvalue weighted by Gasteiger charge is 2.17. The van der Waals surface area contributed by atoms with Gasteiger partial charge in [-0.15, -0.1) is 0 Å². The molecule has 0 fully saturated rings. The molecule has 0 saturated heterocycles. The number of nitro benzene ring substituents is 1. The van der Waals surface area contributed by atoms with Crippen LogP contribution in [0.4, 0.5) is 17.2 Å². The molecule has 3 aromatic rings. The van der Waals surface area contributed by atoms with Crippen LogP contribution in [0.2, 0.25) is 5.02 Å². The van der Waals surface area contributed by atoms with Gasteiger partial charge in [-0.2, -0.15) is 0 Å². The quantitative estimate of drug-likeness (QED) is 0.476. The van der Waals surface area contributed by atoms with Crippen LogP contribution < -0.4 is 10.6 Å². The lowest BCUT2D eigenvalue weighted by atomic mass is 10.1. The SMILES string of the molecule is Cc1cc(C(=O)Nc2ccccc2C(=O)Nc2ccc(Cl)cn2)ccc1[N+](=O)[O-]. The monoisotopic (exact) mass is 410 g/mol. The smallest absolute Gasteiger partial charge is 0.272 e. The lowest BCUT2D eigenvalue weighted by molar-refractivity contribution is -0.385. The van der Waals surface area contributed by atoms with E-state index < -0.39 is 16.7 Å². The van der Waals surface area contributed by atoms with Crippen molar-refractivity contribution < 1.29 is 14.5 Å². The summed E-state index contributed by atoms with van der Waals surface area (Å²) in [7, 11) is 0. The molecule has 0 unspecified atom stereocenters. The number of aryl methyl sites for hydroxylation is 1. The number of para-hydroxylation sites is 1. The number of benzene rings is 2. The van der Waals surface area contributed by atoms with Crippen molar-refractivity contribution in [2.45, 2.75) is 6.92 Å². The fourth-order valence-electron chi connectivity index (χ4n) is 2.62. The van der Waals surface area contributed by atoms with E-state index in [1.165, 1.54) is 24.4 Å². The van der Waals surface area contributed by atoms with Gasteiger partial charge in [-0.05, 0) is 43.3 Å². The molecule has 0 spiro atoms. The van der Waals surface area contributed by atoms with Gasteiger partial charge in [0, 0.05) is 23.4 Å². The summed E-state index contributed by atoms with van der Waals surface area (Å²) in [4.78, 5) is 39.6. The molecule has 146 valence electrons. The molecule has 0 atom stereocenters. The minimum absolute atomic E-state index is 0.0724. The van der Waals surface area contributed by atoms with Crippen molar-refractivity contribution in [3.8, 4) is 0 Å². The number of hydrogen-bond acceptors (Lipinski definition) is 5. The van der Waals surface area contributed by atoms with Gasteiger partial charge >= 0.3 is 0 Å². The van der Waals surface area contributed by atoms with Crippen molar-refractivity contribution in [2.75, 3.05) is 10.6 Å². The van der Waals surface area contributed by atoms with Gasteiger partial charge in [0.15, 0.2) is 0 Å². The second kappa shape index (κ2) is 8.49. The minimum atomic E-state index is -0.512. The maximum Gasteiger partial charge on any atom is 0.272 e. The van der Waals surface area contributed by atoms with E-state index in [0.717, 1.165) is 0 Å². The van der Waals surface area contributed by atoms with Crippen molar-refractivity contribution in [3.05, 3.63) is 92.6 Å². The Hall–Kier alpha value is -3.78. The molecule has 1 aromatic heterocycles. The highest BCUT2D eigenvalue weighted by Crippen LogP contribution is 2.21. The summed E-state index contributed by atoms with van der Waals surface area (Å²) in [6.45, 7) is 1.55. The number of nitro groups is 1. The number of pyridine rings is 1. The summed E-state index contributed by atoms with van der Waals surface area (Å²) in [6, 6.07) is 13.7. The highest BCUT2D eigenvalue weighted by molar-refractivity contribution is 6.30. The van der Waals surface area contributed by atoms with E-state index in [4.69, 9.17) is 11.6 Å². The average molecular weight is 411 g/mol.